The first-order chi connectivity index (χ1) is 15.7. The third-order valence-electron chi connectivity index (χ3n) is 4.73. The van der Waals surface area contributed by atoms with Gasteiger partial charge in [-0.25, -0.2) is 13.4 Å². The van der Waals surface area contributed by atoms with E-state index >= 15 is 0 Å². The summed E-state index contributed by atoms with van der Waals surface area (Å²) in [4.78, 5) is 16.3. The Morgan fingerprint density at radius 1 is 1.15 bits per heavy atom. The lowest BCUT2D eigenvalue weighted by atomic mass is 10.1. The molecule has 0 saturated carbocycles. The Bertz CT molecular complexity index is 1240. The molecule has 0 spiro atoms. The average molecular weight is 553 g/mol. The number of ether oxygens (including phenoxy) is 1. The number of benzene rings is 2. The number of aryl methyl sites for hydroxylation is 1. The minimum absolute atomic E-state index is 0.0682. The number of carbonyl (C=O) groups is 1. The van der Waals surface area contributed by atoms with Crippen molar-refractivity contribution in [2.45, 2.75) is 31.6 Å². The molecule has 0 saturated heterocycles. The number of pyridine rings is 1. The van der Waals surface area contributed by atoms with E-state index in [0.717, 1.165) is 15.6 Å². The van der Waals surface area contributed by atoms with Crippen LogP contribution in [0.4, 0.5) is 11.5 Å². The predicted octanol–water partition coefficient (Wildman–Crippen LogP) is 5.71. The molecule has 2 aromatic carbocycles. The highest BCUT2D eigenvalue weighted by molar-refractivity contribution is 9.10. The van der Waals surface area contributed by atoms with Crippen LogP contribution in [0.3, 0.4) is 0 Å². The molecule has 1 amide bonds. The van der Waals surface area contributed by atoms with Gasteiger partial charge < -0.3 is 10.1 Å². The SMILES string of the molecule is Cc1cc(OCCCC(=O)Nc2ccc(S(=O)(=O)Nc3ccccn3)cc2)c(Br)c(C)c1Cl. The fourth-order valence-electron chi connectivity index (χ4n) is 2.98. The summed E-state index contributed by atoms with van der Waals surface area (Å²) in [7, 11) is -3.77. The van der Waals surface area contributed by atoms with Crippen molar-refractivity contribution in [3.05, 3.63) is 75.4 Å². The van der Waals surface area contributed by atoms with Gasteiger partial charge in [-0.05, 0) is 89.8 Å². The lowest BCUT2D eigenvalue weighted by Gasteiger charge is -2.13. The van der Waals surface area contributed by atoms with Gasteiger partial charge in [0.15, 0.2) is 0 Å². The number of amides is 1. The summed E-state index contributed by atoms with van der Waals surface area (Å²) in [5, 5.41) is 3.45. The summed E-state index contributed by atoms with van der Waals surface area (Å²) in [5.74, 6) is 0.724. The molecule has 174 valence electrons. The van der Waals surface area contributed by atoms with Gasteiger partial charge >= 0.3 is 0 Å². The fourth-order valence-corrected chi connectivity index (χ4v) is 4.68. The lowest BCUT2D eigenvalue weighted by Crippen LogP contribution is -2.15. The van der Waals surface area contributed by atoms with E-state index in [1.54, 1.807) is 18.2 Å². The molecule has 0 unspecified atom stereocenters. The van der Waals surface area contributed by atoms with Crippen molar-refractivity contribution < 1.29 is 17.9 Å². The molecule has 0 aliphatic rings. The first kappa shape index (κ1) is 25.0. The minimum atomic E-state index is -3.77. The predicted molar refractivity (Wildman–Crippen MR) is 133 cm³/mol. The van der Waals surface area contributed by atoms with Gasteiger partial charge in [0.2, 0.25) is 5.91 Å². The maximum absolute atomic E-state index is 12.4. The van der Waals surface area contributed by atoms with Crippen LogP contribution < -0.4 is 14.8 Å². The van der Waals surface area contributed by atoms with Gasteiger partial charge in [-0.2, -0.15) is 0 Å². The molecule has 7 nitrogen and oxygen atoms in total. The number of anilines is 2. The Balaban J connectivity index is 1.49. The van der Waals surface area contributed by atoms with E-state index in [0.29, 0.717) is 29.5 Å². The Labute approximate surface area is 206 Å². The number of sulfonamides is 1. The van der Waals surface area contributed by atoms with Crippen molar-refractivity contribution >= 4 is 55.0 Å². The molecule has 3 aromatic rings. The molecule has 10 heteroatoms. The number of aromatic nitrogens is 1. The van der Waals surface area contributed by atoms with Gasteiger partial charge in [0, 0.05) is 23.3 Å². The van der Waals surface area contributed by atoms with E-state index in [1.807, 2.05) is 19.9 Å². The number of nitrogens with one attached hydrogen (secondary N) is 2. The van der Waals surface area contributed by atoms with Crippen LogP contribution in [0.1, 0.15) is 24.0 Å². The van der Waals surface area contributed by atoms with Gasteiger partial charge in [-0.3, -0.25) is 9.52 Å². The van der Waals surface area contributed by atoms with Gasteiger partial charge in [-0.1, -0.05) is 17.7 Å². The van der Waals surface area contributed by atoms with E-state index in [9.17, 15) is 13.2 Å². The Kier molecular flexibility index (Phi) is 8.34. The second-order valence-corrected chi connectivity index (χ2v) is 10.1. The van der Waals surface area contributed by atoms with Crippen molar-refractivity contribution in [2.75, 3.05) is 16.6 Å². The smallest absolute Gasteiger partial charge is 0.263 e. The molecule has 2 N–H and O–H groups in total. The monoisotopic (exact) mass is 551 g/mol. The fraction of sp³-hybridized carbons (Fsp3) is 0.217. The van der Waals surface area contributed by atoms with Crippen LogP contribution in [0.5, 0.6) is 5.75 Å². The second-order valence-electron chi connectivity index (χ2n) is 7.29. The van der Waals surface area contributed by atoms with E-state index < -0.39 is 10.0 Å². The zero-order chi connectivity index (χ0) is 24.0. The summed E-state index contributed by atoms with van der Waals surface area (Å²) in [5.41, 5.74) is 2.33. The lowest BCUT2D eigenvalue weighted by molar-refractivity contribution is -0.116. The summed E-state index contributed by atoms with van der Waals surface area (Å²) >= 11 is 9.72. The normalized spacial score (nSPS) is 11.2. The van der Waals surface area contributed by atoms with Gasteiger partial charge in [0.1, 0.15) is 11.6 Å². The molecule has 1 aromatic heterocycles. The van der Waals surface area contributed by atoms with E-state index in [2.05, 4.69) is 31.0 Å². The number of halogens is 2. The maximum Gasteiger partial charge on any atom is 0.263 e. The largest absolute Gasteiger partial charge is 0.492 e. The highest BCUT2D eigenvalue weighted by atomic mass is 79.9. The van der Waals surface area contributed by atoms with Crippen molar-refractivity contribution in [3.8, 4) is 5.75 Å². The Hall–Kier alpha value is -2.62. The molecule has 0 radical (unpaired) electrons. The van der Waals surface area contributed by atoms with Crippen molar-refractivity contribution in [1.29, 1.82) is 0 Å². The molecule has 3 rings (SSSR count). The first-order valence-electron chi connectivity index (χ1n) is 10.1. The topological polar surface area (TPSA) is 97.4 Å². The van der Waals surface area contributed by atoms with Crippen LogP contribution >= 0.6 is 27.5 Å². The third kappa shape index (κ3) is 6.69. The number of carbonyl (C=O) groups excluding carboxylic acids is 1. The maximum atomic E-state index is 12.4. The molecule has 0 aliphatic carbocycles. The van der Waals surface area contributed by atoms with Gasteiger partial charge in [-0.15, -0.1) is 0 Å². The molecule has 1 heterocycles. The standard InChI is InChI=1S/C23H23BrClN3O4S/c1-15-14-19(22(24)16(2)23(15)25)32-13-5-7-21(29)27-17-8-10-18(11-9-17)33(30,31)28-20-6-3-4-12-26-20/h3-4,6,8-12,14H,5,7,13H2,1-2H3,(H,26,28)(H,27,29). The van der Waals surface area contributed by atoms with E-state index in [1.165, 1.54) is 30.5 Å². The zero-order valence-electron chi connectivity index (χ0n) is 18.1. The van der Waals surface area contributed by atoms with Crippen LogP contribution in [-0.2, 0) is 14.8 Å². The van der Waals surface area contributed by atoms with Crippen LogP contribution in [0, 0.1) is 13.8 Å². The molecule has 33 heavy (non-hydrogen) atoms. The quantitative estimate of drug-likeness (QED) is 0.331. The number of nitrogens with zero attached hydrogens (tertiary/aromatic N) is 1. The molecular weight excluding hydrogens is 530 g/mol. The molecule has 0 aliphatic heterocycles. The van der Waals surface area contributed by atoms with Gasteiger partial charge in [0.05, 0.1) is 16.0 Å². The van der Waals surface area contributed by atoms with Crippen LogP contribution in [-0.4, -0.2) is 25.9 Å². The highest BCUT2D eigenvalue weighted by Crippen LogP contribution is 2.35. The Morgan fingerprint density at radius 3 is 2.55 bits per heavy atom. The minimum Gasteiger partial charge on any atom is -0.492 e. The van der Waals surface area contributed by atoms with Crippen molar-refractivity contribution in [1.82, 2.24) is 4.98 Å². The van der Waals surface area contributed by atoms with Gasteiger partial charge in [0.25, 0.3) is 10.0 Å². The Morgan fingerprint density at radius 2 is 1.88 bits per heavy atom. The number of hydrogen-bond donors (Lipinski definition) is 2. The van der Waals surface area contributed by atoms with Crippen molar-refractivity contribution in [3.63, 3.8) is 0 Å². The van der Waals surface area contributed by atoms with Crippen molar-refractivity contribution in [2.24, 2.45) is 0 Å². The number of rotatable bonds is 9. The van der Waals surface area contributed by atoms with Crippen LogP contribution in [0.2, 0.25) is 5.02 Å². The summed E-state index contributed by atoms with van der Waals surface area (Å²) in [6.07, 6.45) is 2.27. The van der Waals surface area contributed by atoms with E-state index in [4.69, 9.17) is 16.3 Å². The summed E-state index contributed by atoms with van der Waals surface area (Å²) in [6.45, 7) is 4.18. The average Bonchev–Trinajstić information content (AvgIpc) is 2.79. The molecule has 0 fully saturated rings. The first-order valence-corrected chi connectivity index (χ1v) is 12.7. The number of hydrogen-bond acceptors (Lipinski definition) is 5. The summed E-state index contributed by atoms with van der Waals surface area (Å²) < 4.78 is 33.9. The van der Waals surface area contributed by atoms with Crippen LogP contribution in [0.15, 0.2) is 64.1 Å². The molecule has 0 atom stereocenters. The van der Waals surface area contributed by atoms with E-state index in [-0.39, 0.29) is 23.0 Å². The summed E-state index contributed by atoms with van der Waals surface area (Å²) in [6, 6.07) is 12.7. The highest BCUT2D eigenvalue weighted by Gasteiger charge is 2.15. The zero-order valence-corrected chi connectivity index (χ0v) is 21.2. The third-order valence-corrected chi connectivity index (χ3v) is 7.66. The second kappa shape index (κ2) is 11.0. The molecular formula is C23H23BrClN3O4S. The molecule has 0 bridgehead atoms. The van der Waals surface area contributed by atoms with Crippen LogP contribution in [0.25, 0.3) is 0 Å².